The first-order valence-corrected chi connectivity index (χ1v) is 11.8. The number of methoxy groups -OCH3 is 1. The third-order valence-corrected chi connectivity index (χ3v) is 8.16. The van der Waals surface area contributed by atoms with Crippen LogP contribution in [0.5, 0.6) is 0 Å². The smallest absolute Gasteiger partial charge is 0.375 e. The Morgan fingerprint density at radius 1 is 1.10 bits per heavy atom. The van der Waals surface area contributed by atoms with Crippen molar-refractivity contribution in [2.24, 2.45) is 0 Å². The highest BCUT2D eigenvalue weighted by Gasteiger charge is 2.48. The highest BCUT2D eigenvalue weighted by molar-refractivity contribution is 7.89. The number of quaternary nitrogens is 1. The van der Waals surface area contributed by atoms with Crippen LogP contribution < -0.4 is 8.61 Å². The Labute approximate surface area is 183 Å². The molecule has 2 aliphatic rings. The van der Waals surface area contributed by atoms with E-state index in [4.69, 9.17) is 9.47 Å². The van der Waals surface area contributed by atoms with E-state index in [2.05, 4.69) is 9.62 Å². The van der Waals surface area contributed by atoms with Crippen LogP contribution in [-0.2, 0) is 26.2 Å². The number of hydrogen-bond donors (Lipinski definition) is 1. The summed E-state index contributed by atoms with van der Waals surface area (Å²) in [6, 6.07) is 16.5. The number of para-hydroxylation sites is 1. The average molecular weight is 447 g/mol. The summed E-state index contributed by atoms with van der Waals surface area (Å²) in [5.74, 6) is -0.421. The molecule has 0 aromatic heterocycles. The van der Waals surface area contributed by atoms with Gasteiger partial charge in [-0.05, 0) is 17.7 Å². The van der Waals surface area contributed by atoms with Gasteiger partial charge in [0.2, 0.25) is 0 Å². The van der Waals surface area contributed by atoms with E-state index in [0.717, 1.165) is 24.5 Å². The zero-order valence-electron chi connectivity index (χ0n) is 17.6. The van der Waals surface area contributed by atoms with Crippen LogP contribution in [0, 0.1) is 0 Å². The van der Waals surface area contributed by atoms with Gasteiger partial charge < -0.3 is 9.47 Å². The molecule has 0 aliphatic carbocycles. The summed E-state index contributed by atoms with van der Waals surface area (Å²) in [7, 11) is -2.40. The molecule has 4 rings (SSSR count). The SMILES string of the molecule is COC(=O)c1ccc(CNS(=O)(=O)[N+]2(c3ccccc3)CCN(C3COC3)CC2)cc1. The van der Waals surface area contributed by atoms with Crippen LogP contribution in [-0.4, -0.2) is 71.8 Å². The number of piperazine rings is 1. The number of ether oxygens (including phenoxy) is 2. The molecule has 1 N–H and O–H groups in total. The van der Waals surface area contributed by atoms with Gasteiger partial charge in [0.25, 0.3) is 0 Å². The minimum absolute atomic E-state index is 0.127. The predicted molar refractivity (Wildman–Crippen MR) is 118 cm³/mol. The van der Waals surface area contributed by atoms with E-state index in [1.54, 1.807) is 24.3 Å². The van der Waals surface area contributed by atoms with Crippen molar-refractivity contribution in [3.63, 3.8) is 0 Å². The molecule has 9 heteroatoms. The molecule has 0 spiro atoms. The summed E-state index contributed by atoms with van der Waals surface area (Å²) >= 11 is 0. The maximum atomic E-state index is 13.6. The van der Waals surface area contributed by atoms with Crippen molar-refractivity contribution in [3.05, 3.63) is 65.7 Å². The largest absolute Gasteiger partial charge is 0.465 e. The number of hydrogen-bond acceptors (Lipinski definition) is 6. The molecule has 0 atom stereocenters. The van der Waals surface area contributed by atoms with Crippen molar-refractivity contribution < 1.29 is 22.7 Å². The van der Waals surface area contributed by atoms with Gasteiger partial charge in [-0.2, -0.15) is 17.0 Å². The van der Waals surface area contributed by atoms with E-state index < -0.39 is 16.2 Å². The van der Waals surface area contributed by atoms with Gasteiger partial charge in [-0.25, -0.2) is 4.79 Å². The number of nitrogens with one attached hydrogen (secondary N) is 1. The van der Waals surface area contributed by atoms with Gasteiger partial charge in [0, 0.05) is 31.8 Å². The predicted octanol–water partition coefficient (Wildman–Crippen LogP) is 1.53. The summed E-state index contributed by atoms with van der Waals surface area (Å²) in [6.45, 7) is 3.91. The van der Waals surface area contributed by atoms with Gasteiger partial charge in [0.05, 0.1) is 31.9 Å². The standard InChI is InChI=1S/C22H28N3O5S/c1-29-22(26)19-9-7-18(8-10-19)15-23-31(27,28)25(21-5-3-2-4-6-21)13-11-24(12-14-25)20-16-30-17-20/h2-10,20,23H,11-17H2,1H3/q+1. The highest BCUT2D eigenvalue weighted by atomic mass is 32.2. The number of nitrogens with zero attached hydrogens (tertiary/aromatic N) is 2. The fourth-order valence-electron chi connectivity index (χ4n) is 4.11. The Balaban J connectivity index is 1.52. The lowest BCUT2D eigenvalue weighted by molar-refractivity contribution is -0.0718. The fourth-order valence-corrected chi connectivity index (χ4v) is 5.75. The first kappa shape index (κ1) is 21.9. The molecule has 31 heavy (non-hydrogen) atoms. The second kappa shape index (κ2) is 9.05. The molecule has 0 amide bonds. The molecule has 0 unspecified atom stereocenters. The van der Waals surface area contributed by atoms with E-state index in [-0.39, 0.29) is 10.4 Å². The molecule has 0 bridgehead atoms. The van der Waals surface area contributed by atoms with Crippen molar-refractivity contribution in [2.75, 3.05) is 46.5 Å². The molecule has 0 saturated carbocycles. The molecule has 2 aromatic carbocycles. The Morgan fingerprint density at radius 3 is 2.29 bits per heavy atom. The Hall–Kier alpha value is -2.30. The topological polar surface area (TPSA) is 84.9 Å². The normalized spacial score (nSPS) is 19.5. The summed E-state index contributed by atoms with van der Waals surface area (Å²) in [4.78, 5) is 13.9. The lowest BCUT2D eigenvalue weighted by Gasteiger charge is -2.46. The Bertz CT molecular complexity index is 999. The molecular weight excluding hydrogens is 418 g/mol. The molecule has 2 heterocycles. The number of carbonyl (C=O) groups excluding carboxylic acids is 1. The second-order valence-electron chi connectivity index (χ2n) is 7.88. The quantitative estimate of drug-likeness (QED) is 0.513. The molecule has 2 fully saturated rings. The van der Waals surface area contributed by atoms with Crippen LogP contribution in [0.1, 0.15) is 15.9 Å². The zero-order chi connectivity index (χ0) is 21.9. The van der Waals surface area contributed by atoms with Gasteiger partial charge in [0.1, 0.15) is 18.8 Å². The van der Waals surface area contributed by atoms with Crippen LogP contribution in [0.4, 0.5) is 5.69 Å². The van der Waals surface area contributed by atoms with Crippen molar-refractivity contribution >= 4 is 21.9 Å². The molecule has 8 nitrogen and oxygen atoms in total. The van der Waals surface area contributed by atoms with Gasteiger partial charge in [0.15, 0.2) is 0 Å². The molecule has 166 valence electrons. The van der Waals surface area contributed by atoms with Crippen molar-refractivity contribution in [1.82, 2.24) is 13.5 Å². The highest BCUT2D eigenvalue weighted by Crippen LogP contribution is 2.30. The van der Waals surface area contributed by atoms with Crippen LogP contribution in [0.2, 0.25) is 0 Å². The van der Waals surface area contributed by atoms with Crippen LogP contribution in [0.25, 0.3) is 0 Å². The lowest BCUT2D eigenvalue weighted by atomic mass is 10.1. The van der Waals surface area contributed by atoms with E-state index in [9.17, 15) is 13.2 Å². The fraction of sp³-hybridized carbons (Fsp3) is 0.409. The van der Waals surface area contributed by atoms with Crippen LogP contribution in [0.15, 0.2) is 54.6 Å². The zero-order valence-corrected chi connectivity index (χ0v) is 18.4. The molecule has 2 saturated heterocycles. The summed E-state index contributed by atoms with van der Waals surface area (Å²) in [5.41, 5.74) is 1.96. The Kier molecular flexibility index (Phi) is 6.40. The molecule has 0 radical (unpaired) electrons. The van der Waals surface area contributed by atoms with E-state index in [0.29, 0.717) is 37.8 Å². The average Bonchev–Trinajstić information content (AvgIpc) is 2.77. The van der Waals surface area contributed by atoms with Gasteiger partial charge >= 0.3 is 16.2 Å². The van der Waals surface area contributed by atoms with E-state index in [1.165, 1.54) is 7.11 Å². The van der Waals surface area contributed by atoms with E-state index in [1.807, 2.05) is 30.3 Å². The molecular formula is C22H28N3O5S+. The van der Waals surface area contributed by atoms with Gasteiger partial charge in [-0.1, -0.05) is 30.3 Å². The van der Waals surface area contributed by atoms with Crippen LogP contribution in [0.3, 0.4) is 0 Å². The minimum Gasteiger partial charge on any atom is -0.465 e. The number of rotatable bonds is 7. The second-order valence-corrected chi connectivity index (χ2v) is 9.82. The van der Waals surface area contributed by atoms with Crippen molar-refractivity contribution in [1.29, 1.82) is 0 Å². The first-order valence-electron chi connectivity index (χ1n) is 10.4. The molecule has 2 aliphatic heterocycles. The number of esters is 1. The third kappa shape index (κ3) is 4.37. The third-order valence-electron chi connectivity index (χ3n) is 6.15. The minimum atomic E-state index is -3.73. The molecule has 2 aromatic rings. The van der Waals surface area contributed by atoms with Gasteiger partial charge in [-0.15, -0.1) is 0 Å². The van der Waals surface area contributed by atoms with Crippen molar-refractivity contribution in [2.45, 2.75) is 12.6 Å². The summed E-state index contributed by atoms with van der Waals surface area (Å²) in [5, 5.41) is 0. The number of carbonyl (C=O) groups is 1. The summed E-state index contributed by atoms with van der Waals surface area (Å²) < 4.78 is 39.9. The maximum Gasteiger partial charge on any atom is 0.375 e. The van der Waals surface area contributed by atoms with Gasteiger partial charge in [-0.3, -0.25) is 4.90 Å². The Morgan fingerprint density at radius 2 is 1.74 bits per heavy atom. The maximum absolute atomic E-state index is 13.6. The summed E-state index contributed by atoms with van der Waals surface area (Å²) in [6.07, 6.45) is 0. The monoisotopic (exact) mass is 446 g/mol. The van der Waals surface area contributed by atoms with Crippen LogP contribution >= 0.6 is 0 Å². The lowest BCUT2D eigenvalue weighted by Crippen LogP contribution is -2.68. The first-order chi connectivity index (χ1) is 14.9. The number of benzene rings is 2. The van der Waals surface area contributed by atoms with E-state index >= 15 is 0 Å². The van der Waals surface area contributed by atoms with Crippen molar-refractivity contribution in [3.8, 4) is 0 Å².